The Morgan fingerprint density at radius 1 is 1.19 bits per heavy atom. The third-order valence-corrected chi connectivity index (χ3v) is 6.02. The van der Waals surface area contributed by atoms with Gasteiger partial charge in [0.25, 0.3) is 0 Å². The van der Waals surface area contributed by atoms with Crippen molar-refractivity contribution in [3.63, 3.8) is 0 Å². The Balaban J connectivity index is 1.76. The fourth-order valence-corrected chi connectivity index (χ4v) is 4.28. The molecule has 0 aliphatic heterocycles. The smallest absolute Gasteiger partial charge is 0.208 e. The summed E-state index contributed by atoms with van der Waals surface area (Å²) in [4.78, 5) is 4.75. The number of sulfonamides is 1. The molecular formula is C19H19BrN2O3S2. The summed E-state index contributed by atoms with van der Waals surface area (Å²) in [6.45, 7) is 0.391. The van der Waals surface area contributed by atoms with E-state index in [9.17, 15) is 8.42 Å². The first kappa shape index (κ1) is 20.0. The molecule has 0 unspecified atom stereocenters. The van der Waals surface area contributed by atoms with Crippen LogP contribution in [-0.2, 0) is 16.4 Å². The van der Waals surface area contributed by atoms with E-state index in [2.05, 4.69) is 20.7 Å². The predicted octanol–water partition coefficient (Wildman–Crippen LogP) is 4.34. The molecule has 3 rings (SSSR count). The van der Waals surface area contributed by atoms with E-state index in [4.69, 9.17) is 9.72 Å². The third-order valence-electron chi connectivity index (χ3n) is 3.92. The van der Waals surface area contributed by atoms with Crippen LogP contribution in [0.2, 0.25) is 0 Å². The van der Waals surface area contributed by atoms with Gasteiger partial charge in [-0.15, -0.1) is 11.3 Å². The second-order valence-electron chi connectivity index (χ2n) is 6.00. The van der Waals surface area contributed by atoms with E-state index in [-0.39, 0.29) is 0 Å². The Kier molecular flexibility index (Phi) is 6.31. The van der Waals surface area contributed by atoms with Crippen molar-refractivity contribution < 1.29 is 13.2 Å². The molecule has 0 aliphatic rings. The number of benzene rings is 2. The summed E-state index contributed by atoms with van der Waals surface area (Å²) < 4.78 is 31.2. The summed E-state index contributed by atoms with van der Waals surface area (Å²) in [5, 5.41) is 2.92. The summed E-state index contributed by atoms with van der Waals surface area (Å²) in [5.41, 5.74) is 3.94. The summed E-state index contributed by atoms with van der Waals surface area (Å²) in [5.74, 6) is 0.785. The molecule has 0 saturated carbocycles. The molecule has 0 spiro atoms. The molecule has 0 amide bonds. The summed E-state index contributed by atoms with van der Waals surface area (Å²) in [6, 6.07) is 13.9. The van der Waals surface area contributed by atoms with Gasteiger partial charge in [0.15, 0.2) is 0 Å². The zero-order chi connectivity index (χ0) is 19.4. The molecule has 0 bridgehead atoms. The molecule has 1 N–H and O–H groups in total. The lowest BCUT2D eigenvalue weighted by Gasteiger charge is -2.06. The maximum absolute atomic E-state index is 11.1. The summed E-state index contributed by atoms with van der Waals surface area (Å²) >= 11 is 5.06. The van der Waals surface area contributed by atoms with Gasteiger partial charge in [0.2, 0.25) is 10.0 Å². The van der Waals surface area contributed by atoms with Crippen LogP contribution in [-0.4, -0.2) is 33.3 Å². The van der Waals surface area contributed by atoms with Gasteiger partial charge >= 0.3 is 0 Å². The standard InChI is InChI=1S/C19H19BrN2O3S2/c1-25-18-8-7-15(20)11-16(18)19-22-17(12-26-19)14-5-3-13(4-6-14)9-10-21-27(2,23)24/h3-8,11-12,21H,9-10H2,1-2H3. The van der Waals surface area contributed by atoms with Gasteiger partial charge in [0.05, 0.1) is 24.6 Å². The fraction of sp³-hybridized carbons (Fsp3) is 0.211. The average Bonchev–Trinajstić information content (AvgIpc) is 3.11. The largest absolute Gasteiger partial charge is 0.496 e. The van der Waals surface area contributed by atoms with Crippen molar-refractivity contribution >= 4 is 37.3 Å². The molecule has 1 heterocycles. The van der Waals surface area contributed by atoms with Crippen LogP contribution in [0, 0.1) is 0 Å². The van der Waals surface area contributed by atoms with Crippen molar-refractivity contribution in [2.24, 2.45) is 0 Å². The Hall–Kier alpha value is -1.74. The molecule has 27 heavy (non-hydrogen) atoms. The predicted molar refractivity (Wildman–Crippen MR) is 114 cm³/mol. The van der Waals surface area contributed by atoms with E-state index in [1.54, 1.807) is 18.4 Å². The Morgan fingerprint density at radius 2 is 1.93 bits per heavy atom. The molecular weight excluding hydrogens is 448 g/mol. The molecule has 142 valence electrons. The van der Waals surface area contributed by atoms with Crippen LogP contribution >= 0.6 is 27.3 Å². The van der Waals surface area contributed by atoms with Gasteiger partial charge in [-0.1, -0.05) is 40.2 Å². The first-order valence-electron chi connectivity index (χ1n) is 8.19. The van der Waals surface area contributed by atoms with Crippen molar-refractivity contribution in [1.29, 1.82) is 0 Å². The normalized spacial score (nSPS) is 11.5. The van der Waals surface area contributed by atoms with Gasteiger partial charge in [0.1, 0.15) is 10.8 Å². The lowest BCUT2D eigenvalue weighted by Crippen LogP contribution is -2.24. The number of aromatic nitrogens is 1. The minimum atomic E-state index is -3.15. The highest BCUT2D eigenvalue weighted by molar-refractivity contribution is 9.10. The van der Waals surface area contributed by atoms with E-state index in [1.807, 2.05) is 47.8 Å². The number of nitrogens with zero attached hydrogens (tertiary/aromatic N) is 1. The molecule has 2 aromatic carbocycles. The van der Waals surface area contributed by atoms with Crippen molar-refractivity contribution in [2.75, 3.05) is 19.9 Å². The third kappa shape index (κ3) is 5.38. The fourth-order valence-electron chi connectivity index (χ4n) is 2.60. The number of nitrogens with one attached hydrogen (secondary N) is 1. The van der Waals surface area contributed by atoms with E-state index in [1.165, 1.54) is 0 Å². The van der Waals surface area contributed by atoms with Crippen LogP contribution < -0.4 is 9.46 Å². The van der Waals surface area contributed by atoms with E-state index in [0.717, 1.165) is 43.9 Å². The molecule has 0 atom stereocenters. The van der Waals surface area contributed by atoms with Gasteiger partial charge < -0.3 is 4.74 Å². The lowest BCUT2D eigenvalue weighted by molar-refractivity contribution is 0.416. The van der Waals surface area contributed by atoms with Crippen LogP contribution in [0.15, 0.2) is 52.3 Å². The zero-order valence-corrected chi connectivity index (χ0v) is 18.1. The monoisotopic (exact) mass is 466 g/mol. The SMILES string of the molecule is COc1ccc(Br)cc1-c1nc(-c2ccc(CCNS(C)(=O)=O)cc2)cs1. The Bertz CT molecular complexity index is 1030. The van der Waals surface area contributed by atoms with Crippen LogP contribution in [0.5, 0.6) is 5.75 Å². The average molecular weight is 467 g/mol. The molecule has 1 aromatic heterocycles. The molecule has 0 fully saturated rings. The molecule has 0 radical (unpaired) electrons. The number of thiazole rings is 1. The number of hydrogen-bond donors (Lipinski definition) is 1. The Morgan fingerprint density at radius 3 is 2.59 bits per heavy atom. The zero-order valence-electron chi connectivity index (χ0n) is 14.9. The second-order valence-corrected chi connectivity index (χ2v) is 9.60. The van der Waals surface area contributed by atoms with Gasteiger partial charge in [-0.3, -0.25) is 0 Å². The number of ether oxygens (including phenoxy) is 1. The van der Waals surface area contributed by atoms with Crippen molar-refractivity contribution in [2.45, 2.75) is 6.42 Å². The summed E-state index contributed by atoms with van der Waals surface area (Å²) in [7, 11) is -1.50. The first-order valence-corrected chi connectivity index (χ1v) is 11.8. The minimum Gasteiger partial charge on any atom is -0.496 e. The maximum atomic E-state index is 11.1. The van der Waals surface area contributed by atoms with Gasteiger partial charge in [-0.2, -0.15) is 0 Å². The molecule has 0 aliphatic carbocycles. The van der Waals surface area contributed by atoms with Crippen LogP contribution in [0.4, 0.5) is 0 Å². The minimum absolute atomic E-state index is 0.391. The summed E-state index contributed by atoms with van der Waals surface area (Å²) in [6.07, 6.45) is 1.81. The highest BCUT2D eigenvalue weighted by atomic mass is 79.9. The number of rotatable bonds is 7. The van der Waals surface area contributed by atoms with Gasteiger partial charge in [-0.25, -0.2) is 18.1 Å². The van der Waals surface area contributed by atoms with Crippen LogP contribution in [0.3, 0.4) is 0 Å². The lowest BCUT2D eigenvalue weighted by atomic mass is 10.1. The second kappa shape index (κ2) is 8.52. The van der Waals surface area contributed by atoms with E-state index < -0.39 is 10.0 Å². The Labute approximate surface area is 171 Å². The number of halogens is 1. The highest BCUT2D eigenvalue weighted by Crippen LogP contribution is 2.36. The molecule has 8 heteroatoms. The van der Waals surface area contributed by atoms with E-state index in [0.29, 0.717) is 13.0 Å². The number of hydrogen-bond acceptors (Lipinski definition) is 5. The number of methoxy groups -OCH3 is 1. The topological polar surface area (TPSA) is 68.3 Å². The van der Waals surface area contributed by atoms with Gasteiger partial charge in [0, 0.05) is 22.0 Å². The van der Waals surface area contributed by atoms with Gasteiger partial charge in [-0.05, 0) is 30.2 Å². The highest BCUT2D eigenvalue weighted by Gasteiger charge is 2.12. The molecule has 0 saturated heterocycles. The first-order chi connectivity index (χ1) is 12.9. The molecule has 3 aromatic rings. The maximum Gasteiger partial charge on any atom is 0.208 e. The van der Waals surface area contributed by atoms with Crippen LogP contribution in [0.1, 0.15) is 5.56 Å². The van der Waals surface area contributed by atoms with Crippen LogP contribution in [0.25, 0.3) is 21.8 Å². The van der Waals surface area contributed by atoms with Crippen molar-refractivity contribution in [3.8, 4) is 27.6 Å². The van der Waals surface area contributed by atoms with E-state index >= 15 is 0 Å². The van der Waals surface area contributed by atoms with Crippen molar-refractivity contribution in [1.82, 2.24) is 9.71 Å². The van der Waals surface area contributed by atoms with Crippen molar-refractivity contribution in [3.05, 3.63) is 57.9 Å². The molecule has 5 nitrogen and oxygen atoms in total. The quantitative estimate of drug-likeness (QED) is 0.562.